The second-order valence-corrected chi connectivity index (χ2v) is 7.32. The number of carbonyl (C=O) groups excluding carboxylic acids is 1. The van der Waals surface area contributed by atoms with Crippen LogP contribution in [0.1, 0.15) is 43.0 Å². The van der Waals surface area contributed by atoms with Gasteiger partial charge in [0.2, 0.25) is 0 Å². The standard InChI is InChI=1S/C15H19ClINO2/c1-10-3-2-6-15(8-10,9-19)18-14(20)12-7-11(16)4-5-13(12)17/h4-5,7,10,19H,2-3,6,8-9H2,1H3,(H,18,20). The van der Waals surface area contributed by atoms with Crippen molar-refractivity contribution < 1.29 is 9.90 Å². The number of aliphatic hydroxyl groups is 1. The van der Waals surface area contributed by atoms with Gasteiger partial charge in [-0.1, -0.05) is 31.4 Å². The Bertz CT molecular complexity index is 509. The summed E-state index contributed by atoms with van der Waals surface area (Å²) in [6.45, 7) is 2.15. The highest BCUT2D eigenvalue weighted by atomic mass is 127. The Balaban J connectivity index is 2.19. The van der Waals surface area contributed by atoms with Gasteiger partial charge in [-0.3, -0.25) is 4.79 Å². The maximum Gasteiger partial charge on any atom is 0.252 e. The summed E-state index contributed by atoms with van der Waals surface area (Å²) in [5.74, 6) is 0.370. The Morgan fingerprint density at radius 1 is 1.60 bits per heavy atom. The van der Waals surface area contributed by atoms with Crippen molar-refractivity contribution in [3.05, 3.63) is 32.4 Å². The van der Waals surface area contributed by atoms with Crippen LogP contribution in [0.5, 0.6) is 0 Å². The first kappa shape index (κ1) is 16.0. The van der Waals surface area contributed by atoms with Crippen LogP contribution in [0.2, 0.25) is 5.02 Å². The third kappa shape index (κ3) is 3.65. The maximum atomic E-state index is 12.5. The molecule has 0 bridgehead atoms. The van der Waals surface area contributed by atoms with Crippen molar-refractivity contribution in [3.8, 4) is 0 Å². The Labute approximate surface area is 138 Å². The molecule has 0 spiro atoms. The first-order chi connectivity index (χ1) is 9.46. The summed E-state index contributed by atoms with van der Waals surface area (Å²) in [7, 11) is 0. The molecule has 20 heavy (non-hydrogen) atoms. The molecule has 2 N–H and O–H groups in total. The summed E-state index contributed by atoms with van der Waals surface area (Å²) >= 11 is 8.09. The highest BCUT2D eigenvalue weighted by molar-refractivity contribution is 14.1. The van der Waals surface area contributed by atoms with Crippen LogP contribution >= 0.6 is 34.2 Å². The summed E-state index contributed by atoms with van der Waals surface area (Å²) in [5.41, 5.74) is 0.0873. The number of hydrogen-bond acceptors (Lipinski definition) is 2. The Morgan fingerprint density at radius 2 is 2.35 bits per heavy atom. The monoisotopic (exact) mass is 407 g/mol. The van der Waals surface area contributed by atoms with Crippen molar-refractivity contribution in [1.29, 1.82) is 0 Å². The van der Waals surface area contributed by atoms with Gasteiger partial charge in [-0.05, 0) is 59.5 Å². The Morgan fingerprint density at radius 3 is 3.00 bits per heavy atom. The molecule has 1 aromatic rings. The Kier molecular flexibility index (Phi) is 5.31. The van der Waals surface area contributed by atoms with Gasteiger partial charge >= 0.3 is 0 Å². The third-order valence-corrected chi connectivity index (χ3v) is 5.12. The number of benzene rings is 1. The van der Waals surface area contributed by atoms with Crippen molar-refractivity contribution in [2.45, 2.75) is 38.1 Å². The molecule has 3 nitrogen and oxygen atoms in total. The highest BCUT2D eigenvalue weighted by Crippen LogP contribution is 2.32. The molecule has 0 aliphatic heterocycles. The lowest BCUT2D eigenvalue weighted by Gasteiger charge is -2.39. The molecule has 1 aliphatic carbocycles. The van der Waals surface area contributed by atoms with Crippen molar-refractivity contribution >= 4 is 40.1 Å². The molecule has 1 fully saturated rings. The van der Waals surface area contributed by atoms with Gasteiger partial charge in [0.15, 0.2) is 0 Å². The average Bonchev–Trinajstić information content (AvgIpc) is 2.41. The molecule has 0 aromatic heterocycles. The highest BCUT2D eigenvalue weighted by Gasteiger charge is 2.36. The van der Waals surface area contributed by atoms with E-state index in [2.05, 4.69) is 34.8 Å². The van der Waals surface area contributed by atoms with Crippen molar-refractivity contribution in [1.82, 2.24) is 5.32 Å². The lowest BCUT2D eigenvalue weighted by Crippen LogP contribution is -2.54. The number of nitrogens with one attached hydrogen (secondary N) is 1. The summed E-state index contributed by atoms with van der Waals surface area (Å²) in [6, 6.07) is 5.27. The van der Waals surface area contributed by atoms with Gasteiger partial charge in [-0.15, -0.1) is 0 Å². The quantitative estimate of drug-likeness (QED) is 0.752. The van der Waals surface area contributed by atoms with Crippen LogP contribution in [-0.4, -0.2) is 23.2 Å². The van der Waals surface area contributed by atoms with E-state index in [1.807, 2.05) is 6.07 Å². The minimum Gasteiger partial charge on any atom is -0.394 e. The number of aliphatic hydroxyl groups excluding tert-OH is 1. The zero-order chi connectivity index (χ0) is 14.8. The summed E-state index contributed by atoms with van der Waals surface area (Å²) < 4.78 is 0.862. The van der Waals surface area contributed by atoms with Gasteiger partial charge in [0, 0.05) is 8.59 Å². The summed E-state index contributed by atoms with van der Waals surface area (Å²) in [6.07, 6.45) is 3.85. The zero-order valence-corrected chi connectivity index (χ0v) is 14.4. The molecule has 1 aliphatic rings. The third-order valence-electron chi connectivity index (χ3n) is 3.95. The van der Waals surface area contributed by atoms with E-state index in [1.165, 1.54) is 0 Å². The molecular weight excluding hydrogens is 389 g/mol. The van der Waals surface area contributed by atoms with Crippen LogP contribution in [0.25, 0.3) is 0 Å². The van der Waals surface area contributed by atoms with Crippen molar-refractivity contribution in [3.63, 3.8) is 0 Å². The lowest BCUT2D eigenvalue weighted by molar-refractivity contribution is 0.0696. The summed E-state index contributed by atoms with van der Waals surface area (Å²) in [4.78, 5) is 12.5. The zero-order valence-electron chi connectivity index (χ0n) is 11.5. The molecule has 2 unspecified atom stereocenters. The second-order valence-electron chi connectivity index (χ2n) is 5.72. The molecule has 1 amide bonds. The van der Waals surface area contributed by atoms with Crippen LogP contribution in [0, 0.1) is 9.49 Å². The Hall–Kier alpha value is -0.330. The van der Waals surface area contributed by atoms with Gasteiger partial charge in [0.1, 0.15) is 0 Å². The van der Waals surface area contributed by atoms with Crippen LogP contribution < -0.4 is 5.32 Å². The van der Waals surface area contributed by atoms with E-state index in [9.17, 15) is 9.90 Å². The van der Waals surface area contributed by atoms with E-state index >= 15 is 0 Å². The molecule has 0 radical (unpaired) electrons. The van der Waals surface area contributed by atoms with E-state index in [0.717, 1.165) is 29.3 Å². The maximum absolute atomic E-state index is 12.5. The molecule has 0 heterocycles. The van der Waals surface area contributed by atoms with Gasteiger partial charge in [-0.2, -0.15) is 0 Å². The van der Waals surface area contributed by atoms with E-state index in [4.69, 9.17) is 11.6 Å². The first-order valence-electron chi connectivity index (χ1n) is 6.84. The summed E-state index contributed by atoms with van der Waals surface area (Å²) in [5, 5.41) is 13.3. The van der Waals surface area contributed by atoms with Gasteiger partial charge in [-0.25, -0.2) is 0 Å². The topological polar surface area (TPSA) is 49.3 Å². The predicted molar refractivity (Wildman–Crippen MR) is 89.1 cm³/mol. The van der Waals surface area contributed by atoms with E-state index in [0.29, 0.717) is 16.5 Å². The normalized spacial score (nSPS) is 26.3. The largest absolute Gasteiger partial charge is 0.394 e. The number of rotatable bonds is 3. The fourth-order valence-corrected chi connectivity index (χ4v) is 3.69. The smallest absolute Gasteiger partial charge is 0.252 e. The molecule has 110 valence electrons. The molecular formula is C15H19ClINO2. The van der Waals surface area contributed by atoms with Gasteiger partial charge in [0.05, 0.1) is 17.7 Å². The molecule has 1 aromatic carbocycles. The average molecular weight is 408 g/mol. The van der Waals surface area contributed by atoms with Crippen molar-refractivity contribution in [2.75, 3.05) is 6.61 Å². The van der Waals surface area contributed by atoms with Crippen LogP contribution in [0.15, 0.2) is 18.2 Å². The number of carbonyl (C=O) groups is 1. The van der Waals surface area contributed by atoms with Gasteiger partial charge < -0.3 is 10.4 Å². The minimum atomic E-state index is -0.486. The van der Waals surface area contributed by atoms with Gasteiger partial charge in [0.25, 0.3) is 5.91 Å². The van der Waals surface area contributed by atoms with E-state index in [-0.39, 0.29) is 12.5 Å². The van der Waals surface area contributed by atoms with Crippen molar-refractivity contribution in [2.24, 2.45) is 5.92 Å². The van der Waals surface area contributed by atoms with Crippen LogP contribution in [0.3, 0.4) is 0 Å². The van der Waals surface area contributed by atoms with E-state index in [1.54, 1.807) is 12.1 Å². The number of amides is 1. The first-order valence-corrected chi connectivity index (χ1v) is 8.30. The predicted octanol–water partition coefficient (Wildman–Crippen LogP) is 3.62. The molecule has 2 atom stereocenters. The second kappa shape index (κ2) is 6.62. The van der Waals surface area contributed by atoms with Crippen LogP contribution in [-0.2, 0) is 0 Å². The van der Waals surface area contributed by atoms with Crippen LogP contribution in [0.4, 0.5) is 0 Å². The number of hydrogen-bond donors (Lipinski definition) is 2. The molecule has 5 heteroatoms. The molecule has 1 saturated carbocycles. The fraction of sp³-hybridized carbons (Fsp3) is 0.533. The SMILES string of the molecule is CC1CCCC(CO)(NC(=O)c2cc(Cl)ccc2I)C1. The van der Waals surface area contributed by atoms with E-state index < -0.39 is 5.54 Å². The fourth-order valence-electron chi connectivity index (χ4n) is 2.94. The lowest BCUT2D eigenvalue weighted by atomic mass is 9.76. The molecule has 0 saturated heterocycles. The number of halogens is 2. The minimum absolute atomic E-state index is 0.0137. The molecule has 2 rings (SSSR count).